The Hall–Kier alpha value is -3.50. The molecule has 0 bridgehead atoms. The Kier molecular flexibility index (Phi) is 9.08. The summed E-state index contributed by atoms with van der Waals surface area (Å²) < 4.78 is 23.7. The van der Waals surface area contributed by atoms with Crippen LogP contribution < -0.4 is 4.74 Å². The summed E-state index contributed by atoms with van der Waals surface area (Å²) in [4.78, 5) is 35.2. The first-order chi connectivity index (χ1) is 17.9. The van der Waals surface area contributed by atoms with Gasteiger partial charge in [0.25, 0.3) is 5.91 Å². The fourth-order valence-corrected chi connectivity index (χ4v) is 4.96. The number of hydrogen-bond acceptors (Lipinski definition) is 7. The van der Waals surface area contributed by atoms with Gasteiger partial charge in [-0.2, -0.15) is 0 Å². The number of methoxy groups -OCH3 is 1. The number of carbonyl (C=O) groups excluding carboxylic acids is 2. The molecule has 8 nitrogen and oxygen atoms in total. The minimum absolute atomic E-state index is 0.133. The number of ether oxygens (including phenoxy) is 2. The molecule has 4 rings (SSSR count). The molecule has 2 amide bonds. The zero-order chi connectivity index (χ0) is 26.2. The van der Waals surface area contributed by atoms with Crippen LogP contribution in [0.4, 0.5) is 9.18 Å². The molecule has 3 aromatic rings. The van der Waals surface area contributed by atoms with Gasteiger partial charge in [0.1, 0.15) is 22.3 Å². The van der Waals surface area contributed by atoms with E-state index in [-0.39, 0.29) is 17.8 Å². The Morgan fingerprint density at radius 3 is 2.14 bits per heavy atom. The molecule has 1 fully saturated rings. The van der Waals surface area contributed by atoms with Crippen molar-refractivity contribution in [3.63, 3.8) is 0 Å². The molecule has 0 N–H and O–H groups in total. The molecule has 0 unspecified atom stereocenters. The van der Waals surface area contributed by atoms with Crippen molar-refractivity contribution in [1.29, 1.82) is 0 Å². The van der Waals surface area contributed by atoms with Gasteiger partial charge < -0.3 is 19.3 Å². The minimum Gasteiger partial charge on any atom is -0.497 e. The molecular weight excluding hydrogens is 495 g/mol. The molecule has 2 heterocycles. The Labute approximate surface area is 220 Å². The van der Waals surface area contributed by atoms with E-state index in [1.807, 2.05) is 24.3 Å². The van der Waals surface area contributed by atoms with Crippen molar-refractivity contribution in [2.24, 2.45) is 0 Å². The lowest BCUT2D eigenvalue weighted by Crippen LogP contribution is -2.50. The van der Waals surface area contributed by atoms with Gasteiger partial charge in [-0.05, 0) is 42.3 Å². The molecule has 0 radical (unpaired) electrons. The lowest BCUT2D eigenvalue weighted by atomic mass is 10.1. The van der Waals surface area contributed by atoms with Gasteiger partial charge in [0.15, 0.2) is 0 Å². The van der Waals surface area contributed by atoms with Crippen molar-refractivity contribution in [2.75, 3.05) is 39.9 Å². The van der Waals surface area contributed by atoms with Crippen LogP contribution in [0.15, 0.2) is 53.9 Å². The smallest absolute Gasteiger partial charge is 0.409 e. The molecule has 2 aromatic carbocycles. The average Bonchev–Trinajstić information content (AvgIpc) is 3.38. The van der Waals surface area contributed by atoms with E-state index in [2.05, 4.69) is 9.88 Å². The molecule has 1 saturated heterocycles. The van der Waals surface area contributed by atoms with Crippen LogP contribution in [-0.4, -0.2) is 71.6 Å². The fourth-order valence-electron chi connectivity index (χ4n) is 4.15. The number of amides is 2. The molecule has 0 saturated carbocycles. The predicted octanol–water partition coefficient (Wildman–Crippen LogP) is 4.41. The summed E-state index contributed by atoms with van der Waals surface area (Å²) >= 11 is 1.45. The van der Waals surface area contributed by atoms with E-state index in [1.165, 1.54) is 23.5 Å². The van der Waals surface area contributed by atoms with Crippen LogP contribution in [0.2, 0.25) is 0 Å². The zero-order valence-electron chi connectivity index (χ0n) is 21.1. The highest BCUT2D eigenvalue weighted by Crippen LogP contribution is 2.20. The van der Waals surface area contributed by atoms with Crippen LogP contribution in [-0.2, 0) is 24.4 Å². The predicted molar refractivity (Wildman–Crippen MR) is 139 cm³/mol. The minimum atomic E-state index is -0.344. The van der Waals surface area contributed by atoms with Crippen molar-refractivity contribution in [1.82, 2.24) is 19.7 Å². The number of nitrogens with zero attached hydrogens (tertiary/aromatic N) is 4. The van der Waals surface area contributed by atoms with Crippen LogP contribution in [0, 0.1) is 5.82 Å². The van der Waals surface area contributed by atoms with Crippen molar-refractivity contribution in [2.45, 2.75) is 26.6 Å². The number of piperazine rings is 1. The molecule has 1 aromatic heterocycles. The van der Waals surface area contributed by atoms with Gasteiger partial charge in [-0.1, -0.05) is 24.3 Å². The molecule has 1 aliphatic heterocycles. The van der Waals surface area contributed by atoms with Gasteiger partial charge in [-0.25, -0.2) is 14.2 Å². The highest BCUT2D eigenvalue weighted by atomic mass is 32.1. The van der Waals surface area contributed by atoms with E-state index in [1.54, 1.807) is 41.3 Å². The maximum Gasteiger partial charge on any atom is 0.409 e. The number of rotatable bonds is 9. The molecule has 196 valence electrons. The Morgan fingerprint density at radius 2 is 1.54 bits per heavy atom. The van der Waals surface area contributed by atoms with Crippen molar-refractivity contribution in [3.8, 4) is 5.75 Å². The van der Waals surface area contributed by atoms with Crippen molar-refractivity contribution < 1.29 is 23.5 Å². The van der Waals surface area contributed by atoms with E-state index in [0.717, 1.165) is 21.9 Å². The summed E-state index contributed by atoms with van der Waals surface area (Å²) in [5.74, 6) is 0.392. The van der Waals surface area contributed by atoms with Crippen LogP contribution in [0.1, 0.15) is 33.5 Å². The van der Waals surface area contributed by atoms with Gasteiger partial charge in [0.05, 0.1) is 20.3 Å². The van der Waals surface area contributed by atoms with Gasteiger partial charge in [0, 0.05) is 44.6 Å². The Bertz CT molecular complexity index is 1180. The Balaban J connectivity index is 1.41. The fraction of sp³-hybridized carbons (Fsp3) is 0.370. The number of carbonyl (C=O) groups is 2. The van der Waals surface area contributed by atoms with Gasteiger partial charge >= 0.3 is 6.09 Å². The summed E-state index contributed by atoms with van der Waals surface area (Å²) in [5.41, 5.74) is 2.51. The molecule has 1 aliphatic rings. The molecular formula is C27H31FN4O4S. The van der Waals surface area contributed by atoms with Crippen LogP contribution in [0.5, 0.6) is 5.75 Å². The standard InChI is InChI=1S/C27H31FN4O4S/c1-3-36-27(34)32-14-12-31(13-15-32)26(33)24-19-37-25(29-24)18-30(16-20-4-8-22(28)9-5-20)17-21-6-10-23(35-2)11-7-21/h4-11,19H,3,12-18H2,1-2H3. The van der Waals surface area contributed by atoms with Crippen LogP contribution >= 0.6 is 11.3 Å². The van der Waals surface area contributed by atoms with E-state index < -0.39 is 0 Å². The maximum absolute atomic E-state index is 13.4. The van der Waals surface area contributed by atoms with Crippen molar-refractivity contribution >= 4 is 23.3 Å². The van der Waals surface area contributed by atoms with Crippen molar-refractivity contribution in [3.05, 3.63) is 81.6 Å². The van der Waals surface area contributed by atoms with E-state index >= 15 is 0 Å². The highest BCUT2D eigenvalue weighted by molar-refractivity contribution is 7.09. The summed E-state index contributed by atoms with van der Waals surface area (Å²) in [6.45, 7) is 5.66. The summed E-state index contributed by atoms with van der Waals surface area (Å²) in [7, 11) is 1.64. The number of hydrogen-bond donors (Lipinski definition) is 0. The first-order valence-electron chi connectivity index (χ1n) is 12.2. The second-order valence-corrected chi connectivity index (χ2v) is 9.67. The number of thiazole rings is 1. The third kappa shape index (κ3) is 7.27. The topological polar surface area (TPSA) is 75.2 Å². The van der Waals surface area contributed by atoms with Crippen LogP contribution in [0.25, 0.3) is 0 Å². The third-order valence-electron chi connectivity index (χ3n) is 6.11. The number of halogens is 1. The number of aromatic nitrogens is 1. The zero-order valence-corrected chi connectivity index (χ0v) is 21.9. The molecule has 0 spiro atoms. The van der Waals surface area contributed by atoms with Gasteiger partial charge in [-0.3, -0.25) is 9.69 Å². The monoisotopic (exact) mass is 526 g/mol. The molecule has 0 aliphatic carbocycles. The SMILES string of the molecule is CCOC(=O)N1CCN(C(=O)c2csc(CN(Cc3ccc(F)cc3)Cc3ccc(OC)cc3)n2)CC1. The summed E-state index contributed by atoms with van der Waals surface area (Å²) in [6, 6.07) is 14.4. The Morgan fingerprint density at radius 1 is 0.946 bits per heavy atom. The van der Waals surface area contributed by atoms with E-state index in [9.17, 15) is 14.0 Å². The molecule has 10 heteroatoms. The second-order valence-electron chi connectivity index (χ2n) is 8.72. The normalized spacial score (nSPS) is 13.6. The highest BCUT2D eigenvalue weighted by Gasteiger charge is 2.27. The summed E-state index contributed by atoms with van der Waals surface area (Å²) in [6.07, 6.45) is -0.344. The summed E-state index contributed by atoms with van der Waals surface area (Å²) in [5, 5.41) is 2.61. The third-order valence-corrected chi connectivity index (χ3v) is 6.94. The molecule has 0 atom stereocenters. The average molecular weight is 527 g/mol. The van der Waals surface area contributed by atoms with Gasteiger partial charge in [-0.15, -0.1) is 11.3 Å². The first-order valence-corrected chi connectivity index (χ1v) is 13.1. The van der Waals surface area contributed by atoms with E-state index in [0.29, 0.717) is 58.1 Å². The molecule has 37 heavy (non-hydrogen) atoms. The van der Waals surface area contributed by atoms with Crippen LogP contribution in [0.3, 0.4) is 0 Å². The second kappa shape index (κ2) is 12.6. The van der Waals surface area contributed by atoms with Gasteiger partial charge in [0.2, 0.25) is 0 Å². The number of benzene rings is 2. The maximum atomic E-state index is 13.4. The lowest BCUT2D eigenvalue weighted by Gasteiger charge is -2.33. The largest absolute Gasteiger partial charge is 0.497 e. The quantitative estimate of drug-likeness (QED) is 0.411. The van der Waals surface area contributed by atoms with E-state index in [4.69, 9.17) is 9.47 Å². The first kappa shape index (κ1) is 26.6. The lowest BCUT2D eigenvalue weighted by molar-refractivity contribution is 0.0566.